The minimum absolute atomic E-state index is 0.0104. The summed E-state index contributed by atoms with van der Waals surface area (Å²) in [6.07, 6.45) is 6.11. The molecule has 1 aromatic carbocycles. The highest BCUT2D eigenvalue weighted by Crippen LogP contribution is 2.35. The Bertz CT molecular complexity index is 963. The number of pyridine rings is 1. The number of unbranched alkanes of at least 4 members (excludes halogenated alkanes) is 2. The normalized spacial score (nSPS) is 12.2. The first-order chi connectivity index (χ1) is 15.6. The van der Waals surface area contributed by atoms with Gasteiger partial charge in [0.15, 0.2) is 0 Å². The predicted octanol–water partition coefficient (Wildman–Crippen LogP) is 6.18. The molecule has 0 radical (unpaired) electrons. The maximum atomic E-state index is 13.3. The van der Waals surface area contributed by atoms with Gasteiger partial charge >= 0.3 is 5.97 Å². The smallest absolute Gasteiger partial charge is 0.338 e. The van der Waals surface area contributed by atoms with Crippen LogP contribution in [-0.4, -0.2) is 31.1 Å². The van der Waals surface area contributed by atoms with Crippen molar-refractivity contribution in [3.05, 3.63) is 52.7 Å². The van der Waals surface area contributed by atoms with Crippen LogP contribution in [0.25, 0.3) is 0 Å². The Balaban J connectivity index is 2.36. The first-order valence-electron chi connectivity index (χ1n) is 11.6. The van der Waals surface area contributed by atoms with Crippen molar-refractivity contribution in [2.24, 2.45) is 0 Å². The van der Waals surface area contributed by atoms with Crippen molar-refractivity contribution in [2.75, 3.05) is 19.5 Å². The average Bonchev–Trinajstić information content (AvgIpc) is 2.78. The van der Waals surface area contributed by atoms with Crippen molar-refractivity contribution in [3.8, 4) is 5.88 Å². The summed E-state index contributed by atoms with van der Waals surface area (Å²) in [7, 11) is 2.96. The van der Waals surface area contributed by atoms with Crippen LogP contribution in [0.15, 0.2) is 30.5 Å². The molecule has 0 bridgehead atoms. The zero-order chi connectivity index (χ0) is 24.6. The maximum absolute atomic E-state index is 13.3. The molecule has 33 heavy (non-hydrogen) atoms. The summed E-state index contributed by atoms with van der Waals surface area (Å²) >= 11 is 0. The highest BCUT2D eigenvalue weighted by atomic mass is 16.5. The Morgan fingerprint density at radius 2 is 1.88 bits per heavy atom. The summed E-state index contributed by atoms with van der Waals surface area (Å²) in [6.45, 7) is 10.3. The molecule has 0 spiro atoms. The van der Waals surface area contributed by atoms with E-state index in [9.17, 15) is 9.59 Å². The van der Waals surface area contributed by atoms with Gasteiger partial charge in [-0.1, -0.05) is 59.1 Å². The van der Waals surface area contributed by atoms with Gasteiger partial charge in [-0.25, -0.2) is 9.78 Å². The van der Waals surface area contributed by atoms with Crippen molar-refractivity contribution in [2.45, 2.75) is 78.1 Å². The monoisotopic (exact) mass is 454 g/mol. The van der Waals surface area contributed by atoms with Gasteiger partial charge in [-0.2, -0.15) is 0 Å². The average molecular weight is 455 g/mol. The molecule has 0 aliphatic heterocycles. The van der Waals surface area contributed by atoms with E-state index in [1.54, 1.807) is 19.4 Å². The Morgan fingerprint density at radius 1 is 1.15 bits per heavy atom. The van der Waals surface area contributed by atoms with Crippen molar-refractivity contribution < 1.29 is 19.1 Å². The van der Waals surface area contributed by atoms with E-state index < -0.39 is 5.97 Å². The third-order valence-corrected chi connectivity index (χ3v) is 5.87. The van der Waals surface area contributed by atoms with Gasteiger partial charge in [-0.15, -0.1) is 0 Å². The van der Waals surface area contributed by atoms with E-state index in [-0.39, 0.29) is 17.2 Å². The van der Waals surface area contributed by atoms with Crippen LogP contribution >= 0.6 is 0 Å². The molecule has 2 rings (SSSR count). The van der Waals surface area contributed by atoms with E-state index in [2.05, 4.69) is 38.0 Å². The number of anilines is 1. The summed E-state index contributed by atoms with van der Waals surface area (Å²) in [5.41, 5.74) is 3.62. The SMILES string of the molecule is CCCCCC(CC(=O)Nc1cc(C(=O)OC)c(C)cc1C(C)(C)C)c1cccnc1OC. The minimum atomic E-state index is -0.416. The number of carbonyl (C=O) groups excluding carboxylic acids is 2. The number of amides is 1. The number of esters is 1. The molecule has 1 heterocycles. The number of methoxy groups -OCH3 is 2. The van der Waals surface area contributed by atoms with Crippen LogP contribution in [0.4, 0.5) is 5.69 Å². The number of aromatic nitrogens is 1. The van der Waals surface area contributed by atoms with Crippen LogP contribution in [-0.2, 0) is 14.9 Å². The standard InChI is InChI=1S/C27H38N2O4/c1-8-9-10-12-19(20-13-11-14-28-25(20)32-6)16-24(30)29-23-17-21(26(31)33-7)18(2)15-22(23)27(3,4)5/h11,13-15,17,19H,8-10,12,16H2,1-7H3,(H,29,30). The number of aryl methyl sites for hydroxylation is 1. The maximum Gasteiger partial charge on any atom is 0.338 e. The Morgan fingerprint density at radius 3 is 2.48 bits per heavy atom. The highest BCUT2D eigenvalue weighted by molar-refractivity contribution is 5.96. The second-order valence-electron chi connectivity index (χ2n) is 9.50. The molecular formula is C27H38N2O4. The lowest BCUT2D eigenvalue weighted by atomic mass is 9.83. The van der Waals surface area contributed by atoms with Crippen LogP contribution in [0.5, 0.6) is 5.88 Å². The number of nitrogens with zero attached hydrogens (tertiary/aromatic N) is 1. The summed E-state index contributed by atoms with van der Waals surface area (Å²) in [4.78, 5) is 29.8. The lowest BCUT2D eigenvalue weighted by Crippen LogP contribution is -2.22. The fraction of sp³-hybridized carbons (Fsp3) is 0.519. The quantitative estimate of drug-likeness (QED) is 0.343. The van der Waals surface area contributed by atoms with Gasteiger partial charge in [0.25, 0.3) is 0 Å². The zero-order valence-electron chi connectivity index (χ0n) is 21.1. The van der Waals surface area contributed by atoms with Crippen molar-refractivity contribution in [1.29, 1.82) is 0 Å². The van der Waals surface area contributed by atoms with Crippen LogP contribution < -0.4 is 10.1 Å². The van der Waals surface area contributed by atoms with Gasteiger partial charge < -0.3 is 14.8 Å². The second kappa shape index (κ2) is 11.8. The largest absolute Gasteiger partial charge is 0.481 e. The molecular weight excluding hydrogens is 416 g/mol. The van der Waals surface area contributed by atoms with Gasteiger partial charge in [0.1, 0.15) is 0 Å². The molecule has 1 N–H and O–H groups in total. The molecule has 0 aliphatic rings. The second-order valence-corrected chi connectivity index (χ2v) is 9.50. The number of rotatable bonds is 10. The molecule has 1 atom stereocenters. The summed E-state index contributed by atoms with van der Waals surface area (Å²) < 4.78 is 10.4. The van der Waals surface area contributed by atoms with Crippen LogP contribution in [0.2, 0.25) is 0 Å². The predicted molar refractivity (Wildman–Crippen MR) is 132 cm³/mol. The molecule has 0 aliphatic carbocycles. The van der Waals surface area contributed by atoms with Gasteiger partial charge in [-0.3, -0.25) is 4.79 Å². The Hall–Kier alpha value is -2.89. The van der Waals surface area contributed by atoms with Crippen molar-refractivity contribution >= 4 is 17.6 Å². The molecule has 1 aromatic heterocycles. The number of hydrogen-bond acceptors (Lipinski definition) is 5. The number of nitrogens with one attached hydrogen (secondary N) is 1. The number of benzene rings is 1. The molecule has 6 heteroatoms. The Labute approximate surface area is 198 Å². The van der Waals surface area contributed by atoms with Gasteiger partial charge in [0, 0.05) is 23.9 Å². The third kappa shape index (κ3) is 7.04. The summed E-state index contributed by atoms with van der Waals surface area (Å²) in [5, 5.41) is 3.08. The lowest BCUT2D eigenvalue weighted by molar-refractivity contribution is -0.116. The van der Waals surface area contributed by atoms with E-state index in [0.717, 1.165) is 42.4 Å². The fourth-order valence-electron chi connectivity index (χ4n) is 4.08. The fourth-order valence-corrected chi connectivity index (χ4v) is 4.08. The molecule has 0 saturated carbocycles. The van der Waals surface area contributed by atoms with Crippen LogP contribution in [0.3, 0.4) is 0 Å². The molecule has 180 valence electrons. The number of ether oxygens (including phenoxy) is 2. The number of hydrogen-bond donors (Lipinski definition) is 1. The molecule has 1 unspecified atom stereocenters. The van der Waals surface area contributed by atoms with Gasteiger partial charge in [-0.05, 0) is 47.9 Å². The first-order valence-corrected chi connectivity index (χ1v) is 11.6. The van der Waals surface area contributed by atoms with E-state index in [0.29, 0.717) is 23.6 Å². The molecule has 1 amide bonds. The molecule has 6 nitrogen and oxygen atoms in total. The summed E-state index contributed by atoms with van der Waals surface area (Å²) in [6, 6.07) is 7.56. The zero-order valence-corrected chi connectivity index (χ0v) is 21.1. The van der Waals surface area contributed by atoms with E-state index in [1.807, 2.05) is 25.1 Å². The van der Waals surface area contributed by atoms with E-state index in [1.165, 1.54) is 7.11 Å². The van der Waals surface area contributed by atoms with Gasteiger partial charge in [0.05, 0.1) is 19.8 Å². The Kier molecular flexibility index (Phi) is 9.44. The third-order valence-electron chi connectivity index (χ3n) is 5.87. The van der Waals surface area contributed by atoms with Crippen LogP contribution in [0, 0.1) is 6.92 Å². The molecule has 2 aromatic rings. The molecule has 0 saturated heterocycles. The van der Waals surface area contributed by atoms with E-state index >= 15 is 0 Å². The van der Waals surface area contributed by atoms with Gasteiger partial charge in [0.2, 0.25) is 11.8 Å². The van der Waals surface area contributed by atoms with Crippen LogP contribution in [0.1, 0.15) is 92.8 Å². The van der Waals surface area contributed by atoms with Crippen molar-refractivity contribution in [1.82, 2.24) is 4.98 Å². The summed E-state index contributed by atoms with van der Waals surface area (Å²) in [5.74, 6) is 0.0304. The lowest BCUT2D eigenvalue weighted by Gasteiger charge is -2.25. The molecule has 0 fully saturated rings. The van der Waals surface area contributed by atoms with Crippen molar-refractivity contribution in [3.63, 3.8) is 0 Å². The number of carbonyl (C=O) groups is 2. The van der Waals surface area contributed by atoms with E-state index in [4.69, 9.17) is 9.47 Å². The highest BCUT2D eigenvalue weighted by Gasteiger charge is 2.25. The first kappa shape index (κ1) is 26.4. The minimum Gasteiger partial charge on any atom is -0.481 e. The topological polar surface area (TPSA) is 77.5 Å².